The summed E-state index contributed by atoms with van der Waals surface area (Å²) in [5.74, 6) is 0. The predicted molar refractivity (Wildman–Crippen MR) is 86.1 cm³/mol. The highest BCUT2D eigenvalue weighted by atomic mass is 32.2. The number of carbonyl (C=O) groups is 1. The third kappa shape index (κ3) is 5.34. The molecule has 0 radical (unpaired) electrons. The molecule has 1 atom stereocenters. The zero-order valence-electron chi connectivity index (χ0n) is 12.4. The zero-order valence-corrected chi connectivity index (χ0v) is 13.3. The molecular formula is C15H18N4O2S. The van der Waals surface area contributed by atoms with Gasteiger partial charge >= 0.3 is 6.03 Å². The molecule has 116 valence electrons. The van der Waals surface area contributed by atoms with E-state index in [4.69, 9.17) is 4.74 Å². The van der Waals surface area contributed by atoms with Gasteiger partial charge in [0, 0.05) is 25.2 Å². The average Bonchev–Trinajstić information content (AvgIpc) is 2.48. The number of ether oxygens (including phenoxy) is 1. The van der Waals surface area contributed by atoms with Gasteiger partial charge in [-0.25, -0.2) is 14.8 Å². The summed E-state index contributed by atoms with van der Waals surface area (Å²) < 4.78 is 4.98. The average molecular weight is 318 g/mol. The minimum absolute atomic E-state index is 0.0609. The lowest BCUT2D eigenvalue weighted by Crippen LogP contribution is -2.38. The molecule has 0 aromatic carbocycles. The van der Waals surface area contributed by atoms with E-state index in [-0.39, 0.29) is 12.1 Å². The maximum Gasteiger partial charge on any atom is 0.319 e. The van der Waals surface area contributed by atoms with Crippen molar-refractivity contribution in [2.75, 3.05) is 19.0 Å². The first-order valence-electron chi connectivity index (χ1n) is 6.79. The molecule has 0 aliphatic carbocycles. The lowest BCUT2D eigenvalue weighted by atomic mass is 10.3. The summed E-state index contributed by atoms with van der Waals surface area (Å²) in [5, 5.41) is 7.18. The smallest absolute Gasteiger partial charge is 0.319 e. The second-order valence-electron chi connectivity index (χ2n) is 4.61. The van der Waals surface area contributed by atoms with Gasteiger partial charge in [-0.3, -0.25) is 0 Å². The number of pyridine rings is 2. The Balaban J connectivity index is 1.95. The molecule has 0 saturated heterocycles. The number of amides is 2. The zero-order chi connectivity index (χ0) is 15.8. The molecular weight excluding hydrogens is 300 g/mol. The van der Waals surface area contributed by atoms with Gasteiger partial charge < -0.3 is 15.4 Å². The van der Waals surface area contributed by atoms with Gasteiger partial charge in [-0.05, 0) is 31.2 Å². The molecule has 0 bridgehead atoms. The number of methoxy groups -OCH3 is 1. The highest BCUT2D eigenvalue weighted by Crippen LogP contribution is 2.25. The molecule has 0 saturated carbocycles. The highest BCUT2D eigenvalue weighted by molar-refractivity contribution is 7.99. The molecule has 22 heavy (non-hydrogen) atoms. The van der Waals surface area contributed by atoms with Crippen molar-refractivity contribution in [1.82, 2.24) is 15.3 Å². The molecule has 7 heteroatoms. The number of carbonyl (C=O) groups excluding carboxylic acids is 1. The van der Waals surface area contributed by atoms with Crippen LogP contribution in [0.5, 0.6) is 0 Å². The van der Waals surface area contributed by atoms with Gasteiger partial charge in [0.05, 0.1) is 12.6 Å². The van der Waals surface area contributed by atoms with E-state index in [1.807, 2.05) is 25.1 Å². The summed E-state index contributed by atoms with van der Waals surface area (Å²) in [6.45, 7) is 2.34. The molecule has 2 amide bonds. The van der Waals surface area contributed by atoms with E-state index in [2.05, 4.69) is 20.6 Å². The number of nitrogens with one attached hydrogen (secondary N) is 2. The molecule has 2 aromatic rings. The summed E-state index contributed by atoms with van der Waals surface area (Å²) in [5.41, 5.74) is 0.676. The number of nitrogens with zero attached hydrogens (tertiary/aromatic N) is 2. The SMILES string of the molecule is COCC(C)NC(=O)Nc1ccnc(Sc2ccccn2)c1. The van der Waals surface area contributed by atoms with Gasteiger partial charge in [0.15, 0.2) is 0 Å². The van der Waals surface area contributed by atoms with Gasteiger partial charge in [-0.1, -0.05) is 17.8 Å². The van der Waals surface area contributed by atoms with Gasteiger partial charge in [-0.2, -0.15) is 0 Å². The number of hydrogen-bond acceptors (Lipinski definition) is 5. The van der Waals surface area contributed by atoms with Crippen molar-refractivity contribution in [3.63, 3.8) is 0 Å². The van der Waals surface area contributed by atoms with Crippen molar-refractivity contribution in [1.29, 1.82) is 0 Å². The second-order valence-corrected chi connectivity index (χ2v) is 5.65. The molecule has 0 aliphatic heterocycles. The minimum Gasteiger partial charge on any atom is -0.383 e. The lowest BCUT2D eigenvalue weighted by Gasteiger charge is -2.13. The Morgan fingerprint density at radius 3 is 2.82 bits per heavy atom. The fourth-order valence-corrected chi connectivity index (χ4v) is 2.51. The van der Waals surface area contributed by atoms with Gasteiger partial charge in [0.2, 0.25) is 0 Å². The van der Waals surface area contributed by atoms with Crippen LogP contribution in [0.2, 0.25) is 0 Å². The van der Waals surface area contributed by atoms with Crippen LogP contribution in [0, 0.1) is 0 Å². The Bertz CT molecular complexity index is 610. The summed E-state index contributed by atoms with van der Waals surface area (Å²) in [4.78, 5) is 20.3. The van der Waals surface area contributed by atoms with Crippen molar-refractivity contribution >= 4 is 23.5 Å². The molecule has 6 nitrogen and oxygen atoms in total. The van der Waals surface area contributed by atoms with Crippen molar-refractivity contribution in [3.8, 4) is 0 Å². The molecule has 0 spiro atoms. The van der Waals surface area contributed by atoms with Crippen molar-refractivity contribution in [2.45, 2.75) is 23.0 Å². The lowest BCUT2D eigenvalue weighted by molar-refractivity contribution is 0.173. The largest absolute Gasteiger partial charge is 0.383 e. The maximum absolute atomic E-state index is 11.8. The highest BCUT2D eigenvalue weighted by Gasteiger charge is 2.08. The van der Waals surface area contributed by atoms with Crippen LogP contribution in [-0.4, -0.2) is 35.8 Å². The van der Waals surface area contributed by atoms with E-state index < -0.39 is 0 Å². The topological polar surface area (TPSA) is 76.1 Å². The van der Waals surface area contributed by atoms with Gasteiger partial charge in [0.25, 0.3) is 0 Å². The quantitative estimate of drug-likeness (QED) is 0.856. The third-order valence-electron chi connectivity index (χ3n) is 2.63. The number of anilines is 1. The van der Waals surface area contributed by atoms with E-state index in [1.165, 1.54) is 11.8 Å². The molecule has 2 rings (SSSR count). The van der Waals surface area contributed by atoms with Crippen LogP contribution in [0.1, 0.15) is 6.92 Å². The second kappa shape index (κ2) is 8.35. The number of hydrogen-bond donors (Lipinski definition) is 2. The maximum atomic E-state index is 11.8. The summed E-state index contributed by atoms with van der Waals surface area (Å²) in [7, 11) is 1.60. The van der Waals surface area contributed by atoms with Crippen molar-refractivity contribution in [3.05, 3.63) is 42.7 Å². The third-order valence-corrected chi connectivity index (χ3v) is 3.52. The van der Waals surface area contributed by atoms with E-state index in [0.717, 1.165) is 10.1 Å². The standard InChI is InChI=1S/C15H18N4O2S/c1-11(10-21-2)18-15(20)19-12-6-8-17-14(9-12)22-13-5-3-4-7-16-13/h3-9,11H,10H2,1-2H3,(H2,17,18,19,20). The molecule has 2 aromatic heterocycles. The summed E-state index contributed by atoms with van der Waals surface area (Å²) >= 11 is 1.44. The normalized spacial score (nSPS) is 11.7. The van der Waals surface area contributed by atoms with Crippen LogP contribution in [0.4, 0.5) is 10.5 Å². The van der Waals surface area contributed by atoms with Crippen LogP contribution in [0.3, 0.4) is 0 Å². The molecule has 2 N–H and O–H groups in total. The summed E-state index contributed by atoms with van der Waals surface area (Å²) in [6.07, 6.45) is 3.38. The van der Waals surface area contributed by atoms with E-state index in [1.54, 1.807) is 31.6 Å². The van der Waals surface area contributed by atoms with E-state index >= 15 is 0 Å². The summed E-state index contributed by atoms with van der Waals surface area (Å²) in [6, 6.07) is 8.90. The number of urea groups is 1. The van der Waals surface area contributed by atoms with Crippen LogP contribution < -0.4 is 10.6 Å². The molecule has 0 fully saturated rings. The van der Waals surface area contributed by atoms with E-state index in [9.17, 15) is 4.79 Å². The fraction of sp³-hybridized carbons (Fsp3) is 0.267. The first-order valence-corrected chi connectivity index (χ1v) is 7.60. The van der Waals surface area contributed by atoms with Gasteiger partial charge in [0.1, 0.15) is 10.1 Å². The Hall–Kier alpha value is -2.12. The molecule has 1 unspecified atom stereocenters. The Labute approximate surface area is 133 Å². The number of aromatic nitrogens is 2. The van der Waals surface area contributed by atoms with Crippen LogP contribution in [-0.2, 0) is 4.74 Å². The van der Waals surface area contributed by atoms with Crippen LogP contribution in [0.15, 0.2) is 52.8 Å². The number of rotatable bonds is 6. The Morgan fingerprint density at radius 2 is 2.09 bits per heavy atom. The van der Waals surface area contributed by atoms with Crippen LogP contribution >= 0.6 is 11.8 Å². The minimum atomic E-state index is -0.274. The first-order chi connectivity index (χ1) is 10.7. The molecule has 0 aliphatic rings. The Kier molecular flexibility index (Phi) is 6.17. The van der Waals surface area contributed by atoms with Crippen LogP contribution in [0.25, 0.3) is 0 Å². The monoisotopic (exact) mass is 318 g/mol. The molecule has 2 heterocycles. The Morgan fingerprint density at radius 1 is 1.27 bits per heavy atom. The predicted octanol–water partition coefficient (Wildman–Crippen LogP) is 2.78. The van der Waals surface area contributed by atoms with Crippen molar-refractivity contribution < 1.29 is 9.53 Å². The first kappa shape index (κ1) is 16.3. The fourth-order valence-electron chi connectivity index (χ4n) is 1.74. The van der Waals surface area contributed by atoms with Gasteiger partial charge in [-0.15, -0.1) is 0 Å². The van der Waals surface area contributed by atoms with Crippen molar-refractivity contribution in [2.24, 2.45) is 0 Å². The van der Waals surface area contributed by atoms with E-state index in [0.29, 0.717) is 12.3 Å².